The minimum absolute atomic E-state index is 0.382. The molecule has 4 heteroatoms. The molecule has 1 atom stereocenters. The van der Waals surface area contributed by atoms with Crippen LogP contribution in [-0.4, -0.2) is 44.6 Å². The van der Waals surface area contributed by atoms with Crippen molar-refractivity contribution in [3.63, 3.8) is 0 Å². The van der Waals surface area contributed by atoms with Gasteiger partial charge in [0.1, 0.15) is 0 Å². The first-order valence-electron chi connectivity index (χ1n) is 6.81. The molecule has 0 aromatic carbocycles. The topological polar surface area (TPSA) is 53.5 Å². The molecule has 3 N–H and O–H groups in total. The average Bonchev–Trinajstić information content (AvgIpc) is 2.44. The average molecular weight is 268 g/mol. The molecular formula is C15H28N2O2. The van der Waals surface area contributed by atoms with Gasteiger partial charge in [-0.15, -0.1) is 0 Å². The minimum Gasteiger partial charge on any atom is -0.389 e. The number of hydrogen-bond acceptors (Lipinski definition) is 4. The molecule has 0 saturated heterocycles. The normalized spacial score (nSPS) is 15.0. The van der Waals surface area contributed by atoms with E-state index in [1.807, 2.05) is 40.0 Å². The Morgan fingerprint density at radius 3 is 2.53 bits per heavy atom. The van der Waals surface area contributed by atoms with E-state index >= 15 is 0 Å². The summed E-state index contributed by atoms with van der Waals surface area (Å²) in [6, 6.07) is 0. The molecule has 1 unspecified atom stereocenters. The molecular weight excluding hydrogens is 240 g/mol. The molecule has 0 aliphatic carbocycles. The van der Waals surface area contributed by atoms with Gasteiger partial charge < -0.3 is 20.5 Å². The van der Waals surface area contributed by atoms with Gasteiger partial charge in [-0.05, 0) is 32.4 Å². The third kappa shape index (κ3) is 9.47. The van der Waals surface area contributed by atoms with Gasteiger partial charge in [0.15, 0.2) is 0 Å². The molecule has 0 aliphatic heterocycles. The van der Waals surface area contributed by atoms with Crippen molar-refractivity contribution in [3.8, 4) is 0 Å². The number of allylic oxidation sites excluding steroid dienone is 3. The first kappa shape index (κ1) is 17.9. The highest BCUT2D eigenvalue weighted by molar-refractivity contribution is 5.27. The predicted octanol–water partition coefficient (Wildman–Crippen LogP) is 1.60. The quantitative estimate of drug-likeness (QED) is 0.527. The highest BCUT2D eigenvalue weighted by Gasteiger charge is 2.02. The lowest BCUT2D eigenvalue weighted by Crippen LogP contribution is -2.31. The summed E-state index contributed by atoms with van der Waals surface area (Å²) in [6.07, 6.45) is 7.72. The fourth-order valence-corrected chi connectivity index (χ4v) is 1.47. The largest absolute Gasteiger partial charge is 0.389 e. The van der Waals surface area contributed by atoms with Crippen LogP contribution in [0, 0.1) is 0 Å². The molecule has 0 radical (unpaired) electrons. The second-order valence-corrected chi connectivity index (χ2v) is 4.14. The van der Waals surface area contributed by atoms with E-state index in [2.05, 4.69) is 22.8 Å². The van der Waals surface area contributed by atoms with E-state index in [0.717, 1.165) is 12.2 Å². The summed E-state index contributed by atoms with van der Waals surface area (Å²) in [5.41, 5.74) is 2.26. The van der Waals surface area contributed by atoms with Crippen LogP contribution in [-0.2, 0) is 4.74 Å². The van der Waals surface area contributed by atoms with E-state index in [1.165, 1.54) is 5.57 Å². The van der Waals surface area contributed by atoms with E-state index < -0.39 is 6.10 Å². The zero-order valence-corrected chi connectivity index (χ0v) is 12.6. The van der Waals surface area contributed by atoms with E-state index in [0.29, 0.717) is 19.8 Å². The second kappa shape index (κ2) is 12.0. The summed E-state index contributed by atoms with van der Waals surface area (Å²) >= 11 is 0. The van der Waals surface area contributed by atoms with Gasteiger partial charge in [-0.1, -0.05) is 18.2 Å². The molecule has 0 saturated carbocycles. The Labute approximate surface area is 117 Å². The molecule has 0 amide bonds. The lowest BCUT2D eigenvalue weighted by molar-refractivity contribution is 0.0433. The first-order chi connectivity index (χ1) is 9.17. The van der Waals surface area contributed by atoms with Crippen molar-refractivity contribution >= 4 is 0 Å². The van der Waals surface area contributed by atoms with E-state index in [1.54, 1.807) is 0 Å². The van der Waals surface area contributed by atoms with Crippen molar-refractivity contribution < 1.29 is 9.84 Å². The summed E-state index contributed by atoms with van der Waals surface area (Å²) in [6.45, 7) is 8.21. The van der Waals surface area contributed by atoms with Crippen LogP contribution in [0.5, 0.6) is 0 Å². The highest BCUT2D eigenvalue weighted by atomic mass is 16.5. The van der Waals surface area contributed by atoms with Crippen molar-refractivity contribution in [2.24, 2.45) is 0 Å². The molecule has 0 rings (SSSR count). The molecule has 19 heavy (non-hydrogen) atoms. The Balaban J connectivity index is 4.02. The van der Waals surface area contributed by atoms with Crippen molar-refractivity contribution in [2.45, 2.75) is 26.9 Å². The van der Waals surface area contributed by atoms with Gasteiger partial charge in [0.2, 0.25) is 0 Å². The van der Waals surface area contributed by atoms with Crippen molar-refractivity contribution in [3.05, 3.63) is 35.6 Å². The molecule has 0 heterocycles. The number of likely N-dealkylation sites (N-methyl/N-ethyl adjacent to an activating group) is 1. The maximum absolute atomic E-state index is 9.62. The Morgan fingerprint density at radius 2 is 2.00 bits per heavy atom. The van der Waals surface area contributed by atoms with Gasteiger partial charge in [0.25, 0.3) is 0 Å². The Hall–Kier alpha value is -1.10. The lowest BCUT2D eigenvalue weighted by Gasteiger charge is -2.12. The van der Waals surface area contributed by atoms with Crippen LogP contribution in [0.25, 0.3) is 0 Å². The van der Waals surface area contributed by atoms with Gasteiger partial charge in [0, 0.05) is 32.4 Å². The molecule has 0 spiro atoms. The van der Waals surface area contributed by atoms with Crippen LogP contribution < -0.4 is 10.6 Å². The third-order valence-corrected chi connectivity index (χ3v) is 2.67. The zero-order chi connectivity index (χ0) is 14.5. The molecule has 4 nitrogen and oxygen atoms in total. The lowest BCUT2D eigenvalue weighted by atomic mass is 10.2. The van der Waals surface area contributed by atoms with Gasteiger partial charge in [-0.2, -0.15) is 0 Å². The van der Waals surface area contributed by atoms with Crippen molar-refractivity contribution in [1.82, 2.24) is 10.6 Å². The van der Waals surface area contributed by atoms with Crippen LogP contribution in [0.4, 0.5) is 0 Å². The summed E-state index contributed by atoms with van der Waals surface area (Å²) in [5, 5.41) is 15.9. The Kier molecular flexibility index (Phi) is 11.3. The zero-order valence-electron chi connectivity index (χ0n) is 12.6. The Morgan fingerprint density at radius 1 is 1.26 bits per heavy atom. The maximum Gasteiger partial charge on any atom is 0.0897 e. The van der Waals surface area contributed by atoms with Crippen LogP contribution >= 0.6 is 0 Å². The van der Waals surface area contributed by atoms with Crippen LogP contribution in [0.15, 0.2) is 35.6 Å². The van der Waals surface area contributed by atoms with Crippen molar-refractivity contribution in [1.29, 1.82) is 0 Å². The van der Waals surface area contributed by atoms with Crippen LogP contribution in [0.3, 0.4) is 0 Å². The van der Waals surface area contributed by atoms with E-state index in [-0.39, 0.29) is 0 Å². The number of rotatable bonds is 10. The van der Waals surface area contributed by atoms with Gasteiger partial charge in [0.05, 0.1) is 12.7 Å². The fraction of sp³-hybridized carbons (Fsp3) is 0.600. The number of hydrogen-bond donors (Lipinski definition) is 3. The summed E-state index contributed by atoms with van der Waals surface area (Å²) in [5.74, 6) is 0. The maximum atomic E-state index is 9.62. The Bertz CT molecular complexity index is 309. The molecule has 110 valence electrons. The number of aliphatic hydroxyl groups is 1. The van der Waals surface area contributed by atoms with Gasteiger partial charge in [-0.25, -0.2) is 0 Å². The smallest absolute Gasteiger partial charge is 0.0897 e. The third-order valence-electron chi connectivity index (χ3n) is 2.67. The highest BCUT2D eigenvalue weighted by Crippen LogP contribution is 1.99. The van der Waals surface area contributed by atoms with Gasteiger partial charge in [-0.3, -0.25) is 0 Å². The van der Waals surface area contributed by atoms with E-state index in [4.69, 9.17) is 4.74 Å². The molecule has 0 aromatic heterocycles. The van der Waals surface area contributed by atoms with E-state index in [9.17, 15) is 5.11 Å². The minimum atomic E-state index is -0.453. The van der Waals surface area contributed by atoms with Crippen molar-refractivity contribution in [2.75, 3.05) is 33.4 Å². The SMILES string of the molecule is C\C=C(/C=C\C(=C/C)NC)CNCC(O)COCC. The summed E-state index contributed by atoms with van der Waals surface area (Å²) < 4.78 is 5.15. The second-order valence-electron chi connectivity index (χ2n) is 4.14. The molecule has 0 bridgehead atoms. The fourth-order valence-electron chi connectivity index (χ4n) is 1.47. The number of aliphatic hydroxyl groups excluding tert-OH is 1. The number of ether oxygens (including phenoxy) is 1. The molecule has 0 aromatic rings. The predicted molar refractivity (Wildman–Crippen MR) is 81.1 cm³/mol. The summed E-state index contributed by atoms with van der Waals surface area (Å²) in [4.78, 5) is 0. The molecule has 0 aliphatic rings. The van der Waals surface area contributed by atoms with Gasteiger partial charge >= 0.3 is 0 Å². The summed E-state index contributed by atoms with van der Waals surface area (Å²) in [7, 11) is 1.90. The monoisotopic (exact) mass is 268 g/mol. The molecule has 0 fully saturated rings. The van der Waals surface area contributed by atoms with Crippen LogP contribution in [0.1, 0.15) is 20.8 Å². The standard InChI is InChI=1S/C15H28N2O2/c1-5-13(8-9-14(6-2)16-4)10-17-11-15(18)12-19-7-3/h5-6,8-9,15-18H,7,10-12H2,1-4H3/b9-8-,13-5+,14-6+. The number of nitrogens with one attached hydrogen (secondary N) is 2. The first-order valence-corrected chi connectivity index (χ1v) is 6.81. The van der Waals surface area contributed by atoms with Crippen LogP contribution in [0.2, 0.25) is 0 Å².